The van der Waals surface area contributed by atoms with Gasteiger partial charge in [-0.3, -0.25) is 4.57 Å². The molecule has 2 heterocycles. The zero-order chi connectivity index (χ0) is 12.0. The van der Waals surface area contributed by atoms with E-state index in [2.05, 4.69) is 15.2 Å². The van der Waals surface area contributed by atoms with E-state index in [-0.39, 0.29) is 6.04 Å². The summed E-state index contributed by atoms with van der Waals surface area (Å²) in [5.41, 5.74) is 2.12. The lowest BCUT2D eigenvalue weighted by Gasteiger charge is -2.04. The molecule has 3 rings (SSSR count). The second-order valence-corrected chi connectivity index (χ2v) is 5.68. The summed E-state index contributed by atoms with van der Waals surface area (Å²) >= 11 is 1.36. The normalized spacial score (nSPS) is 16.3. The summed E-state index contributed by atoms with van der Waals surface area (Å²) in [5, 5.41) is 8.24. The number of hydrogen-bond donors (Lipinski definition) is 0. The smallest absolute Gasteiger partial charge is 0.291 e. The molecule has 6 nitrogen and oxygen atoms in total. The Morgan fingerprint density at radius 2 is 2.18 bits per heavy atom. The molecule has 0 aromatic carbocycles. The predicted octanol–water partition coefficient (Wildman–Crippen LogP) is 1.39. The summed E-state index contributed by atoms with van der Waals surface area (Å²) in [6, 6.07) is -0.0396. The van der Waals surface area contributed by atoms with Gasteiger partial charge < -0.3 is 0 Å². The summed E-state index contributed by atoms with van der Waals surface area (Å²) < 4.78 is 36.3. The first-order valence-electron chi connectivity index (χ1n) is 4.85. The van der Waals surface area contributed by atoms with Crippen molar-refractivity contribution in [2.75, 3.05) is 0 Å². The third kappa shape index (κ3) is 1.84. The van der Waals surface area contributed by atoms with E-state index in [1.54, 1.807) is 10.9 Å². The molecule has 1 aliphatic carbocycles. The molecule has 0 unspecified atom stereocenters. The highest BCUT2D eigenvalue weighted by molar-refractivity contribution is 7.86. The first kappa shape index (κ1) is 10.8. The Kier molecular flexibility index (Phi) is 2.26. The number of rotatable bonds is 3. The van der Waals surface area contributed by atoms with Crippen LogP contribution >= 0.6 is 11.3 Å². The lowest BCUT2D eigenvalue weighted by Crippen LogP contribution is -2.06. The van der Waals surface area contributed by atoms with Crippen molar-refractivity contribution in [2.24, 2.45) is 0 Å². The average molecular weight is 274 g/mol. The van der Waals surface area contributed by atoms with Gasteiger partial charge in [-0.2, -0.15) is 8.42 Å². The van der Waals surface area contributed by atoms with Gasteiger partial charge in [0, 0.05) is 11.4 Å². The number of thiazole rings is 1. The van der Waals surface area contributed by atoms with Crippen molar-refractivity contribution in [3.63, 3.8) is 0 Å². The molecule has 2 aromatic heterocycles. The molecule has 0 radical (unpaired) electrons. The fraction of sp³-hybridized carbons (Fsp3) is 0.375. The third-order valence-corrected chi connectivity index (χ3v) is 3.76. The van der Waals surface area contributed by atoms with Crippen LogP contribution < -0.4 is 0 Å². The monoisotopic (exact) mass is 274 g/mol. The third-order valence-electron chi connectivity index (χ3n) is 2.46. The van der Waals surface area contributed by atoms with Gasteiger partial charge in [-0.15, -0.1) is 21.5 Å². The van der Waals surface area contributed by atoms with Crippen LogP contribution in [-0.4, -0.2) is 28.2 Å². The second-order valence-electron chi connectivity index (χ2n) is 3.72. The molecular weight excluding hydrogens is 267 g/mol. The van der Waals surface area contributed by atoms with Crippen molar-refractivity contribution in [2.45, 2.75) is 24.0 Å². The second kappa shape index (κ2) is 3.57. The summed E-state index contributed by atoms with van der Waals surface area (Å²) in [6.07, 6.45) is 1.61. The lowest BCUT2D eigenvalue weighted by atomic mass is 10.4. The number of nitrogens with zero attached hydrogens (tertiary/aromatic N) is 4. The van der Waals surface area contributed by atoms with Crippen LogP contribution in [0.2, 0.25) is 0 Å². The van der Waals surface area contributed by atoms with Crippen LogP contribution in [0.15, 0.2) is 16.0 Å². The molecule has 0 amide bonds. The molecule has 0 atom stereocenters. The summed E-state index contributed by atoms with van der Waals surface area (Å²) in [5.74, 6) is 0.310. The van der Waals surface area contributed by atoms with Crippen molar-refractivity contribution >= 4 is 21.6 Å². The lowest BCUT2D eigenvalue weighted by molar-refractivity contribution is 0.524. The number of hydrogen-bond acceptors (Lipinski definition) is 6. The Labute approximate surface area is 100 Å². The molecule has 0 bridgehead atoms. The predicted molar refractivity (Wildman–Crippen MR) is 57.7 cm³/mol. The summed E-state index contributed by atoms with van der Waals surface area (Å²) in [6.45, 7) is 0. The molecule has 90 valence electrons. The van der Waals surface area contributed by atoms with Gasteiger partial charge in [0.2, 0.25) is 0 Å². The molecule has 0 N–H and O–H groups in total. The van der Waals surface area contributed by atoms with Gasteiger partial charge in [0.15, 0.2) is 5.82 Å². The van der Waals surface area contributed by atoms with E-state index in [1.165, 1.54) is 15.9 Å². The van der Waals surface area contributed by atoms with Gasteiger partial charge >= 0.3 is 10.2 Å². The van der Waals surface area contributed by atoms with Crippen LogP contribution in [0.3, 0.4) is 0 Å². The van der Waals surface area contributed by atoms with Gasteiger partial charge in [0.1, 0.15) is 5.69 Å². The Hall–Kier alpha value is -1.35. The highest BCUT2D eigenvalue weighted by Gasteiger charge is 2.35. The fourth-order valence-electron chi connectivity index (χ4n) is 1.60. The Morgan fingerprint density at radius 1 is 1.41 bits per heavy atom. The molecular formula is C8H7FN4O2S2. The molecule has 1 fully saturated rings. The minimum Gasteiger partial charge on any atom is -0.291 e. The molecule has 9 heteroatoms. The zero-order valence-electron chi connectivity index (χ0n) is 8.45. The first-order valence-corrected chi connectivity index (χ1v) is 7.18. The SMILES string of the molecule is O=S(=O)(F)c1nnc(-c2cscn2)n1C1CC1. The average Bonchev–Trinajstić information content (AvgIpc) is 2.81. The molecule has 1 aliphatic rings. The minimum atomic E-state index is -4.84. The van der Waals surface area contributed by atoms with E-state index in [4.69, 9.17) is 0 Å². The van der Waals surface area contributed by atoms with Crippen LogP contribution in [-0.2, 0) is 10.2 Å². The van der Waals surface area contributed by atoms with E-state index in [0.717, 1.165) is 12.8 Å². The molecule has 2 aromatic rings. The minimum absolute atomic E-state index is 0.0396. The molecule has 0 aliphatic heterocycles. The van der Waals surface area contributed by atoms with Crippen molar-refractivity contribution in [3.8, 4) is 11.5 Å². The molecule has 17 heavy (non-hydrogen) atoms. The topological polar surface area (TPSA) is 77.7 Å². The highest BCUT2D eigenvalue weighted by Crippen LogP contribution is 2.39. The van der Waals surface area contributed by atoms with Crippen LogP contribution in [0.4, 0.5) is 3.89 Å². The van der Waals surface area contributed by atoms with Gasteiger partial charge in [0.05, 0.1) is 5.51 Å². The zero-order valence-corrected chi connectivity index (χ0v) is 10.1. The Morgan fingerprint density at radius 3 is 2.71 bits per heavy atom. The molecule has 0 saturated heterocycles. The van der Waals surface area contributed by atoms with Gasteiger partial charge in [-0.05, 0) is 12.8 Å². The van der Waals surface area contributed by atoms with E-state index in [1.807, 2.05) is 0 Å². The van der Waals surface area contributed by atoms with Crippen molar-refractivity contribution in [3.05, 3.63) is 10.9 Å². The number of aromatic nitrogens is 4. The summed E-state index contributed by atoms with van der Waals surface area (Å²) in [7, 11) is -4.84. The largest absolute Gasteiger partial charge is 0.368 e. The van der Waals surface area contributed by atoms with Crippen LogP contribution in [0.1, 0.15) is 18.9 Å². The van der Waals surface area contributed by atoms with Crippen molar-refractivity contribution in [1.29, 1.82) is 0 Å². The van der Waals surface area contributed by atoms with Crippen molar-refractivity contribution < 1.29 is 12.3 Å². The van der Waals surface area contributed by atoms with Crippen LogP contribution in [0.25, 0.3) is 11.5 Å². The van der Waals surface area contributed by atoms with Gasteiger partial charge in [0.25, 0.3) is 5.16 Å². The Balaban J connectivity index is 2.21. The Bertz CT molecular complexity index is 645. The van der Waals surface area contributed by atoms with Crippen molar-refractivity contribution in [1.82, 2.24) is 19.7 Å². The quantitative estimate of drug-likeness (QED) is 0.790. The molecule has 1 saturated carbocycles. The van der Waals surface area contributed by atoms with E-state index >= 15 is 0 Å². The van der Waals surface area contributed by atoms with Gasteiger partial charge in [-0.1, -0.05) is 3.89 Å². The van der Waals surface area contributed by atoms with E-state index < -0.39 is 15.4 Å². The highest BCUT2D eigenvalue weighted by atomic mass is 32.3. The molecule has 0 spiro atoms. The van der Waals surface area contributed by atoms with E-state index in [9.17, 15) is 12.3 Å². The van der Waals surface area contributed by atoms with Crippen LogP contribution in [0.5, 0.6) is 0 Å². The standard InChI is InChI=1S/C8H7FN4O2S2/c9-17(14,15)8-12-11-7(6-3-16-4-10-6)13(8)5-1-2-5/h3-5H,1-2H2. The maximum atomic E-state index is 13.1. The number of halogens is 1. The summed E-state index contributed by atoms with van der Waals surface area (Å²) in [4.78, 5) is 4.03. The maximum Gasteiger partial charge on any atom is 0.368 e. The fourth-order valence-corrected chi connectivity index (χ4v) is 2.74. The van der Waals surface area contributed by atoms with Crippen LogP contribution in [0, 0.1) is 0 Å². The van der Waals surface area contributed by atoms with E-state index in [0.29, 0.717) is 11.5 Å². The van der Waals surface area contributed by atoms with Gasteiger partial charge in [-0.25, -0.2) is 4.98 Å². The first-order chi connectivity index (χ1) is 8.07. The maximum absolute atomic E-state index is 13.1.